The summed E-state index contributed by atoms with van der Waals surface area (Å²) in [7, 11) is 3.46. The summed E-state index contributed by atoms with van der Waals surface area (Å²) in [6.07, 6.45) is 4.07. The molecular weight excluding hydrogens is 574 g/mol. The van der Waals surface area contributed by atoms with E-state index in [1.807, 2.05) is 0 Å². The number of aromatic nitrogens is 5. The summed E-state index contributed by atoms with van der Waals surface area (Å²) in [6, 6.07) is 11.7. The largest absolute Gasteiger partial charge is 0.453 e. The van der Waals surface area contributed by atoms with Crippen molar-refractivity contribution in [2.45, 2.75) is 18.9 Å². The van der Waals surface area contributed by atoms with Crippen molar-refractivity contribution in [1.29, 1.82) is 0 Å². The van der Waals surface area contributed by atoms with Gasteiger partial charge in [0, 0.05) is 56.3 Å². The maximum absolute atomic E-state index is 15.2. The van der Waals surface area contributed by atoms with Gasteiger partial charge in [0.15, 0.2) is 23.0 Å². The van der Waals surface area contributed by atoms with Crippen LogP contribution in [-0.4, -0.2) is 61.8 Å². The fourth-order valence-corrected chi connectivity index (χ4v) is 4.94. The average Bonchev–Trinajstić information content (AvgIpc) is 3.40. The van der Waals surface area contributed by atoms with Gasteiger partial charge in [0.25, 0.3) is 11.5 Å². The molecule has 2 amide bonds. The second kappa shape index (κ2) is 11.6. The number of amides is 2. The molecule has 6 rings (SSSR count). The summed E-state index contributed by atoms with van der Waals surface area (Å²) in [5.41, 5.74) is -0.186. The molecule has 1 aliphatic rings. The van der Waals surface area contributed by atoms with Crippen LogP contribution in [0.1, 0.15) is 23.2 Å². The molecule has 0 unspecified atom stereocenters. The Morgan fingerprint density at radius 1 is 1.02 bits per heavy atom. The number of rotatable bonds is 8. The molecule has 12 nitrogen and oxygen atoms in total. The number of hydrogen-bond acceptors (Lipinski definition) is 8. The Kier molecular flexibility index (Phi) is 7.47. The Balaban J connectivity index is 1.17. The highest BCUT2D eigenvalue weighted by Crippen LogP contribution is 2.37. The minimum absolute atomic E-state index is 0.0308. The van der Waals surface area contributed by atoms with Gasteiger partial charge in [-0.2, -0.15) is 14.9 Å². The Bertz CT molecular complexity index is 1930. The van der Waals surface area contributed by atoms with Crippen LogP contribution >= 0.6 is 0 Å². The molecule has 1 saturated carbocycles. The molecule has 1 aliphatic carbocycles. The van der Waals surface area contributed by atoms with Crippen LogP contribution in [0.3, 0.4) is 0 Å². The number of benzene rings is 2. The lowest BCUT2D eigenvalue weighted by atomic mass is 9.79. The quantitative estimate of drug-likeness (QED) is 0.241. The Morgan fingerprint density at radius 3 is 2.52 bits per heavy atom. The van der Waals surface area contributed by atoms with Crippen molar-refractivity contribution < 1.29 is 23.1 Å². The van der Waals surface area contributed by atoms with Crippen LogP contribution in [0.25, 0.3) is 16.7 Å². The number of halogens is 2. The van der Waals surface area contributed by atoms with E-state index in [-0.39, 0.29) is 40.6 Å². The van der Waals surface area contributed by atoms with E-state index in [0.29, 0.717) is 35.4 Å². The lowest BCUT2D eigenvalue weighted by Gasteiger charge is -2.36. The van der Waals surface area contributed by atoms with Gasteiger partial charge in [0.2, 0.25) is 5.91 Å². The molecule has 5 aromatic rings. The smallest absolute Gasteiger partial charge is 0.284 e. The average molecular weight is 601 g/mol. The monoisotopic (exact) mass is 600 g/mol. The summed E-state index contributed by atoms with van der Waals surface area (Å²) in [6.45, 7) is 0. The van der Waals surface area contributed by atoms with Crippen LogP contribution in [0, 0.1) is 17.6 Å². The molecule has 3 heterocycles. The number of fused-ring (bicyclic) bond motifs is 1. The molecule has 2 aromatic carbocycles. The van der Waals surface area contributed by atoms with Crippen molar-refractivity contribution in [1.82, 2.24) is 29.9 Å². The van der Waals surface area contributed by atoms with Crippen LogP contribution < -0.4 is 20.9 Å². The van der Waals surface area contributed by atoms with Gasteiger partial charge in [-0.25, -0.2) is 13.8 Å². The molecule has 3 N–H and O–H groups in total. The third-order valence-electron chi connectivity index (χ3n) is 7.26. The highest BCUT2D eigenvalue weighted by Gasteiger charge is 2.36. The van der Waals surface area contributed by atoms with Crippen LogP contribution in [0.4, 0.5) is 20.3 Å². The highest BCUT2D eigenvalue weighted by molar-refractivity contribution is 6.04. The minimum atomic E-state index is -0.781. The zero-order valence-electron chi connectivity index (χ0n) is 23.5. The second-order valence-corrected chi connectivity index (χ2v) is 10.5. The number of aromatic amines is 1. The molecule has 224 valence electrons. The summed E-state index contributed by atoms with van der Waals surface area (Å²) in [4.78, 5) is 43.8. The van der Waals surface area contributed by atoms with E-state index in [0.717, 1.165) is 10.7 Å². The third-order valence-corrected chi connectivity index (χ3v) is 7.26. The fourth-order valence-electron chi connectivity index (χ4n) is 4.94. The first-order valence-electron chi connectivity index (χ1n) is 13.6. The maximum atomic E-state index is 15.2. The summed E-state index contributed by atoms with van der Waals surface area (Å²) in [5, 5.41) is 17.4. The van der Waals surface area contributed by atoms with E-state index in [1.165, 1.54) is 54.9 Å². The Hall–Kier alpha value is -5.66. The summed E-state index contributed by atoms with van der Waals surface area (Å²) >= 11 is 0. The zero-order valence-corrected chi connectivity index (χ0v) is 23.5. The SMILES string of the molecule is CN(C)C(=O)C1CC(Nc2n[nH]c3nccc(Oc4ccc(NC(=O)c5ccnn(-c6ccc(F)cc6)c5=O)cc4F)c23)C1. The molecule has 3 aromatic heterocycles. The molecule has 0 saturated heterocycles. The van der Waals surface area contributed by atoms with Crippen LogP contribution in [0.15, 0.2) is 71.8 Å². The predicted molar refractivity (Wildman–Crippen MR) is 157 cm³/mol. The number of hydrogen-bond donors (Lipinski definition) is 3. The number of pyridine rings is 1. The molecule has 44 heavy (non-hydrogen) atoms. The zero-order chi connectivity index (χ0) is 31.0. The predicted octanol–water partition coefficient (Wildman–Crippen LogP) is 4.11. The van der Waals surface area contributed by atoms with Gasteiger partial charge < -0.3 is 20.3 Å². The van der Waals surface area contributed by atoms with Gasteiger partial charge in [-0.05, 0) is 55.3 Å². The molecular formula is C30H26F2N8O4. The number of H-pyrrole nitrogens is 1. The second-order valence-electron chi connectivity index (χ2n) is 10.5. The van der Waals surface area contributed by atoms with Gasteiger partial charge in [0.1, 0.15) is 22.5 Å². The first kappa shape index (κ1) is 28.5. The van der Waals surface area contributed by atoms with E-state index < -0.39 is 23.1 Å². The van der Waals surface area contributed by atoms with Gasteiger partial charge in [-0.15, -0.1) is 0 Å². The topological polar surface area (TPSA) is 147 Å². The van der Waals surface area contributed by atoms with Gasteiger partial charge in [-0.1, -0.05) is 0 Å². The lowest BCUT2D eigenvalue weighted by Crippen LogP contribution is -2.44. The van der Waals surface area contributed by atoms with Crippen molar-refractivity contribution in [3.8, 4) is 17.2 Å². The molecule has 0 bridgehead atoms. The fraction of sp³-hybridized carbons (Fsp3) is 0.200. The van der Waals surface area contributed by atoms with Crippen molar-refractivity contribution >= 4 is 34.4 Å². The Morgan fingerprint density at radius 2 is 1.80 bits per heavy atom. The lowest BCUT2D eigenvalue weighted by molar-refractivity contribution is -0.135. The number of anilines is 2. The molecule has 1 fully saturated rings. The van der Waals surface area contributed by atoms with E-state index in [9.17, 15) is 18.8 Å². The number of ether oxygens (including phenoxy) is 1. The van der Waals surface area contributed by atoms with Gasteiger partial charge >= 0.3 is 0 Å². The standard InChI is InChI=1S/C30H26F2N8O4/c1-39(2)29(42)16-13-19(14-16)35-27-25-24(10-11-33-26(25)37-38-27)44-23-8-5-18(15-22(23)32)36-28(41)21-9-12-34-40(30(21)43)20-6-3-17(31)4-7-20/h3-12,15-16,19H,13-14H2,1-2H3,(H,36,41)(H2,33,35,37,38). The van der Waals surface area contributed by atoms with Crippen molar-refractivity contribution in [3.05, 3.63) is 94.5 Å². The molecule has 0 radical (unpaired) electrons. The molecule has 0 spiro atoms. The van der Waals surface area contributed by atoms with E-state index in [2.05, 4.69) is 30.9 Å². The number of nitrogens with one attached hydrogen (secondary N) is 3. The first-order chi connectivity index (χ1) is 21.2. The normalized spacial score (nSPS) is 15.8. The summed E-state index contributed by atoms with van der Waals surface area (Å²) in [5.74, 6) is -1.36. The summed E-state index contributed by atoms with van der Waals surface area (Å²) < 4.78 is 35.4. The first-order valence-corrected chi connectivity index (χ1v) is 13.6. The molecule has 0 atom stereocenters. The van der Waals surface area contributed by atoms with Crippen molar-refractivity contribution in [2.24, 2.45) is 5.92 Å². The van der Waals surface area contributed by atoms with Crippen LogP contribution in [0.5, 0.6) is 11.5 Å². The van der Waals surface area contributed by atoms with Crippen LogP contribution in [-0.2, 0) is 4.79 Å². The number of carbonyl (C=O) groups excluding carboxylic acids is 2. The van der Waals surface area contributed by atoms with Gasteiger partial charge in [-0.3, -0.25) is 19.5 Å². The van der Waals surface area contributed by atoms with Crippen molar-refractivity contribution in [3.63, 3.8) is 0 Å². The van der Waals surface area contributed by atoms with E-state index in [4.69, 9.17) is 4.74 Å². The van der Waals surface area contributed by atoms with E-state index >= 15 is 4.39 Å². The maximum Gasteiger partial charge on any atom is 0.284 e. The molecule has 14 heteroatoms. The minimum Gasteiger partial charge on any atom is -0.453 e. The van der Waals surface area contributed by atoms with Crippen molar-refractivity contribution in [2.75, 3.05) is 24.7 Å². The number of nitrogens with zero attached hydrogens (tertiary/aromatic N) is 5. The highest BCUT2D eigenvalue weighted by atomic mass is 19.1. The van der Waals surface area contributed by atoms with Gasteiger partial charge in [0.05, 0.1) is 5.69 Å². The number of carbonyl (C=O) groups is 2. The molecule has 0 aliphatic heterocycles. The van der Waals surface area contributed by atoms with Crippen LogP contribution in [0.2, 0.25) is 0 Å². The Labute approximate surface area is 248 Å². The third kappa shape index (κ3) is 5.56. The van der Waals surface area contributed by atoms with E-state index in [1.54, 1.807) is 25.1 Å².